The van der Waals surface area contributed by atoms with E-state index in [2.05, 4.69) is 20.5 Å². The summed E-state index contributed by atoms with van der Waals surface area (Å²) in [5, 5.41) is 11.8. The van der Waals surface area contributed by atoms with Crippen LogP contribution in [0.4, 0.5) is 5.82 Å². The van der Waals surface area contributed by atoms with Crippen LogP contribution in [0.2, 0.25) is 0 Å². The summed E-state index contributed by atoms with van der Waals surface area (Å²) in [6.45, 7) is 2.99. The minimum atomic E-state index is 0.573. The fourth-order valence-corrected chi connectivity index (χ4v) is 2.91. The first kappa shape index (κ1) is 10.3. The van der Waals surface area contributed by atoms with Crippen molar-refractivity contribution in [3.05, 3.63) is 18.2 Å². The summed E-state index contributed by atoms with van der Waals surface area (Å²) in [5.41, 5.74) is 1.41. The Morgan fingerprint density at radius 2 is 2.22 bits per heavy atom. The molecule has 0 spiro atoms. The SMILES string of the molecule is Cc1nnc2c(NCC3(C4CC4)CC3)nccn12. The van der Waals surface area contributed by atoms with Gasteiger partial charge in [0, 0.05) is 18.9 Å². The van der Waals surface area contributed by atoms with Crippen molar-refractivity contribution >= 4 is 11.5 Å². The van der Waals surface area contributed by atoms with Crippen molar-refractivity contribution in [1.29, 1.82) is 0 Å². The number of hydrogen-bond donors (Lipinski definition) is 1. The van der Waals surface area contributed by atoms with Gasteiger partial charge >= 0.3 is 0 Å². The van der Waals surface area contributed by atoms with Gasteiger partial charge in [0.2, 0.25) is 5.65 Å². The molecule has 2 fully saturated rings. The highest BCUT2D eigenvalue weighted by Gasteiger charge is 2.53. The lowest BCUT2D eigenvalue weighted by atomic mass is 10.0. The summed E-state index contributed by atoms with van der Waals surface area (Å²) in [6, 6.07) is 0. The van der Waals surface area contributed by atoms with E-state index in [1.54, 1.807) is 0 Å². The van der Waals surface area contributed by atoms with Crippen LogP contribution in [0.5, 0.6) is 0 Å². The number of rotatable bonds is 4. The highest BCUT2D eigenvalue weighted by atomic mass is 15.3. The van der Waals surface area contributed by atoms with E-state index in [0.29, 0.717) is 5.41 Å². The molecule has 2 heterocycles. The van der Waals surface area contributed by atoms with Gasteiger partial charge in [-0.15, -0.1) is 10.2 Å². The van der Waals surface area contributed by atoms with Crippen LogP contribution < -0.4 is 5.32 Å². The molecule has 2 aromatic heterocycles. The first-order valence-electron chi connectivity index (χ1n) is 6.69. The monoisotopic (exact) mass is 243 g/mol. The van der Waals surface area contributed by atoms with Crippen molar-refractivity contribution in [2.24, 2.45) is 11.3 Å². The van der Waals surface area contributed by atoms with Crippen LogP contribution in [0.25, 0.3) is 5.65 Å². The number of nitrogens with one attached hydrogen (secondary N) is 1. The van der Waals surface area contributed by atoms with E-state index in [1.165, 1.54) is 25.7 Å². The summed E-state index contributed by atoms with van der Waals surface area (Å²) in [6.07, 6.45) is 9.30. The Hall–Kier alpha value is -1.65. The van der Waals surface area contributed by atoms with Gasteiger partial charge in [-0.3, -0.25) is 4.40 Å². The van der Waals surface area contributed by atoms with Crippen molar-refractivity contribution in [2.75, 3.05) is 11.9 Å². The van der Waals surface area contributed by atoms with Gasteiger partial charge in [-0.2, -0.15) is 0 Å². The maximum atomic E-state index is 4.40. The van der Waals surface area contributed by atoms with Gasteiger partial charge in [-0.05, 0) is 43.9 Å². The summed E-state index contributed by atoms with van der Waals surface area (Å²) in [7, 11) is 0. The number of nitrogens with zero attached hydrogens (tertiary/aromatic N) is 4. The van der Waals surface area contributed by atoms with Crippen LogP contribution in [0, 0.1) is 18.3 Å². The molecule has 0 aromatic carbocycles. The standard InChI is InChI=1S/C13H17N5/c1-9-16-17-12-11(14-6-7-18(9)12)15-8-13(4-5-13)10-2-3-10/h6-7,10H,2-5,8H2,1H3,(H,14,15). The lowest BCUT2D eigenvalue weighted by molar-refractivity contribution is 0.466. The van der Waals surface area contributed by atoms with Gasteiger partial charge in [0.15, 0.2) is 5.82 Å². The average Bonchev–Trinajstić information content (AvgIpc) is 3.26. The molecular weight excluding hydrogens is 226 g/mol. The highest BCUT2D eigenvalue weighted by molar-refractivity contribution is 5.62. The Bertz CT molecular complexity index is 594. The number of anilines is 1. The van der Waals surface area contributed by atoms with Crippen LogP contribution in [0.1, 0.15) is 31.5 Å². The molecule has 18 heavy (non-hydrogen) atoms. The highest BCUT2D eigenvalue weighted by Crippen LogP contribution is 2.61. The van der Waals surface area contributed by atoms with Gasteiger partial charge in [0.05, 0.1) is 0 Å². The van der Waals surface area contributed by atoms with E-state index in [9.17, 15) is 0 Å². The molecule has 2 aliphatic rings. The molecule has 2 aromatic rings. The van der Waals surface area contributed by atoms with E-state index >= 15 is 0 Å². The van der Waals surface area contributed by atoms with E-state index in [4.69, 9.17) is 0 Å². The number of fused-ring (bicyclic) bond motifs is 1. The molecule has 0 amide bonds. The first-order chi connectivity index (χ1) is 8.78. The van der Waals surface area contributed by atoms with Gasteiger partial charge in [-0.25, -0.2) is 4.98 Å². The fourth-order valence-electron chi connectivity index (χ4n) is 2.91. The number of hydrogen-bond acceptors (Lipinski definition) is 4. The van der Waals surface area contributed by atoms with Gasteiger partial charge < -0.3 is 5.32 Å². The predicted molar refractivity (Wildman–Crippen MR) is 68.4 cm³/mol. The topological polar surface area (TPSA) is 55.1 Å². The summed E-state index contributed by atoms with van der Waals surface area (Å²) >= 11 is 0. The Kier molecular flexibility index (Phi) is 1.96. The molecule has 4 rings (SSSR count). The Morgan fingerprint density at radius 1 is 1.39 bits per heavy atom. The smallest absolute Gasteiger partial charge is 0.203 e. The van der Waals surface area contributed by atoms with Crippen molar-refractivity contribution in [2.45, 2.75) is 32.6 Å². The lowest BCUT2D eigenvalue weighted by Gasteiger charge is -2.15. The third-order valence-corrected chi connectivity index (χ3v) is 4.44. The third-order valence-electron chi connectivity index (χ3n) is 4.44. The zero-order chi connectivity index (χ0) is 12.2. The molecule has 0 aliphatic heterocycles. The minimum absolute atomic E-state index is 0.573. The number of aromatic nitrogens is 4. The average molecular weight is 243 g/mol. The largest absolute Gasteiger partial charge is 0.366 e. The molecule has 2 saturated carbocycles. The molecule has 0 saturated heterocycles. The van der Waals surface area contributed by atoms with E-state index in [1.807, 2.05) is 23.7 Å². The zero-order valence-electron chi connectivity index (χ0n) is 10.6. The van der Waals surface area contributed by atoms with Crippen LogP contribution in [0.3, 0.4) is 0 Å². The maximum absolute atomic E-state index is 4.40. The molecule has 94 valence electrons. The van der Waals surface area contributed by atoms with Crippen LogP contribution in [-0.4, -0.2) is 26.1 Å². The van der Waals surface area contributed by atoms with Crippen molar-refractivity contribution in [3.63, 3.8) is 0 Å². The van der Waals surface area contributed by atoms with Crippen LogP contribution in [0.15, 0.2) is 12.4 Å². The van der Waals surface area contributed by atoms with Gasteiger partial charge in [-0.1, -0.05) is 0 Å². The molecule has 0 radical (unpaired) electrons. The van der Waals surface area contributed by atoms with E-state index < -0.39 is 0 Å². The molecule has 5 nitrogen and oxygen atoms in total. The Morgan fingerprint density at radius 3 is 2.94 bits per heavy atom. The van der Waals surface area contributed by atoms with Gasteiger partial charge in [0.1, 0.15) is 5.82 Å². The summed E-state index contributed by atoms with van der Waals surface area (Å²) < 4.78 is 1.98. The summed E-state index contributed by atoms with van der Waals surface area (Å²) in [4.78, 5) is 4.40. The zero-order valence-corrected chi connectivity index (χ0v) is 10.6. The van der Waals surface area contributed by atoms with Crippen molar-refractivity contribution in [1.82, 2.24) is 19.6 Å². The second kappa shape index (κ2) is 3.43. The predicted octanol–water partition coefficient (Wildman–Crippen LogP) is 2.03. The molecule has 2 aliphatic carbocycles. The van der Waals surface area contributed by atoms with Crippen molar-refractivity contribution < 1.29 is 0 Å². The second-order valence-corrected chi connectivity index (χ2v) is 5.71. The maximum Gasteiger partial charge on any atom is 0.203 e. The van der Waals surface area contributed by atoms with E-state index in [0.717, 1.165) is 29.8 Å². The fraction of sp³-hybridized carbons (Fsp3) is 0.615. The Balaban J connectivity index is 1.59. The molecule has 0 bridgehead atoms. The summed E-state index contributed by atoms with van der Waals surface area (Å²) in [5.74, 6) is 2.73. The van der Waals surface area contributed by atoms with Gasteiger partial charge in [0.25, 0.3) is 0 Å². The second-order valence-electron chi connectivity index (χ2n) is 5.71. The van der Waals surface area contributed by atoms with Crippen LogP contribution in [-0.2, 0) is 0 Å². The quantitative estimate of drug-likeness (QED) is 0.892. The first-order valence-corrected chi connectivity index (χ1v) is 6.69. The lowest BCUT2D eigenvalue weighted by Crippen LogP contribution is -2.18. The molecule has 1 N–H and O–H groups in total. The van der Waals surface area contributed by atoms with Crippen molar-refractivity contribution in [3.8, 4) is 0 Å². The minimum Gasteiger partial charge on any atom is -0.366 e. The molecule has 0 atom stereocenters. The van der Waals surface area contributed by atoms with Crippen LogP contribution >= 0.6 is 0 Å². The third kappa shape index (κ3) is 1.50. The molecule has 5 heteroatoms. The normalized spacial score (nSPS) is 21.2. The molecule has 0 unspecified atom stereocenters. The molecular formula is C13H17N5. The Labute approximate surface area is 106 Å². The number of aryl methyl sites for hydroxylation is 1. The van der Waals surface area contributed by atoms with E-state index in [-0.39, 0.29) is 0 Å².